The van der Waals surface area contributed by atoms with Gasteiger partial charge in [0.15, 0.2) is 5.82 Å². The number of fused-ring (bicyclic) bond motifs is 1. The Hall–Kier alpha value is -2.37. The van der Waals surface area contributed by atoms with Crippen LogP contribution in [0.5, 0.6) is 5.75 Å². The average Bonchev–Trinajstić information content (AvgIpc) is 3.72. The van der Waals surface area contributed by atoms with Crippen molar-refractivity contribution < 1.29 is 18.3 Å². The summed E-state index contributed by atoms with van der Waals surface area (Å²) in [4.78, 5) is 21.4. The van der Waals surface area contributed by atoms with Gasteiger partial charge in [0.25, 0.3) is 5.92 Å². The Balaban J connectivity index is 1.10. The zero-order chi connectivity index (χ0) is 22.4. The molecule has 2 aromatic rings. The fourth-order valence-electron chi connectivity index (χ4n) is 5.50. The number of rotatable bonds is 10. The first-order chi connectivity index (χ1) is 15.4. The molecule has 0 saturated heterocycles. The molecular weight excluding hydrogens is 410 g/mol. The van der Waals surface area contributed by atoms with Crippen LogP contribution < -0.4 is 4.74 Å². The summed E-state index contributed by atoms with van der Waals surface area (Å²) in [5, 5.41) is 0. The zero-order valence-electron chi connectivity index (χ0n) is 18.6. The Labute approximate surface area is 187 Å². The molecule has 1 aromatic heterocycles. The van der Waals surface area contributed by atoms with Crippen molar-refractivity contribution in [2.24, 2.45) is 16.7 Å². The Morgan fingerprint density at radius 1 is 1.03 bits per heavy atom. The van der Waals surface area contributed by atoms with E-state index in [9.17, 15) is 13.6 Å². The normalized spacial score (nSPS) is 28.7. The first-order valence-electron chi connectivity index (χ1n) is 11.9. The number of nitrogens with zero attached hydrogens (tertiary/aromatic N) is 2. The summed E-state index contributed by atoms with van der Waals surface area (Å²) in [7, 11) is 0. The Morgan fingerprint density at radius 3 is 2.31 bits per heavy atom. The molecule has 3 atom stereocenters. The number of carbonyl (C=O) groups is 1. The molecule has 0 aliphatic heterocycles. The third-order valence-electron chi connectivity index (χ3n) is 7.76. The highest BCUT2D eigenvalue weighted by molar-refractivity contribution is 5.81. The van der Waals surface area contributed by atoms with Crippen molar-refractivity contribution in [1.29, 1.82) is 0 Å². The third-order valence-corrected chi connectivity index (χ3v) is 7.76. The highest BCUT2D eigenvalue weighted by Crippen LogP contribution is 2.95. The van der Waals surface area contributed by atoms with E-state index in [1.54, 1.807) is 12.1 Å². The fourth-order valence-corrected chi connectivity index (χ4v) is 5.50. The highest BCUT2D eigenvalue weighted by atomic mass is 19.3. The van der Waals surface area contributed by atoms with E-state index in [2.05, 4.69) is 16.9 Å². The van der Waals surface area contributed by atoms with Crippen LogP contribution in [0.3, 0.4) is 0 Å². The van der Waals surface area contributed by atoms with Crippen LogP contribution in [-0.4, -0.2) is 21.9 Å². The van der Waals surface area contributed by atoms with Crippen LogP contribution in [0.1, 0.15) is 70.3 Å². The molecule has 5 rings (SSSR count). The van der Waals surface area contributed by atoms with E-state index in [4.69, 9.17) is 4.74 Å². The maximum Gasteiger partial charge on any atom is 0.314 e. The van der Waals surface area contributed by atoms with Gasteiger partial charge in [-0.3, -0.25) is 4.79 Å². The minimum absolute atomic E-state index is 0.0593. The van der Waals surface area contributed by atoms with Gasteiger partial charge < -0.3 is 4.74 Å². The minimum Gasteiger partial charge on any atom is -0.426 e. The van der Waals surface area contributed by atoms with Gasteiger partial charge in [0, 0.05) is 29.8 Å². The maximum absolute atomic E-state index is 13.6. The number of aryl methyl sites for hydroxylation is 1. The first-order valence-corrected chi connectivity index (χ1v) is 11.9. The highest BCUT2D eigenvalue weighted by Gasteiger charge is 2.97. The molecule has 0 amide bonds. The molecule has 0 bridgehead atoms. The second-order valence-corrected chi connectivity index (χ2v) is 9.93. The quantitative estimate of drug-likeness (QED) is 0.244. The second-order valence-electron chi connectivity index (χ2n) is 9.93. The summed E-state index contributed by atoms with van der Waals surface area (Å²) >= 11 is 0. The topological polar surface area (TPSA) is 52.1 Å². The minimum atomic E-state index is -2.58. The van der Waals surface area contributed by atoms with E-state index in [1.807, 2.05) is 24.5 Å². The predicted octanol–water partition coefficient (Wildman–Crippen LogP) is 6.39. The molecule has 3 saturated carbocycles. The number of hydrogen-bond donors (Lipinski definition) is 0. The molecule has 170 valence electrons. The number of hydrogen-bond acceptors (Lipinski definition) is 4. The Morgan fingerprint density at radius 2 is 1.69 bits per heavy atom. The van der Waals surface area contributed by atoms with Gasteiger partial charge in [-0.15, -0.1) is 0 Å². The number of ether oxygens (including phenoxy) is 1. The zero-order valence-corrected chi connectivity index (χ0v) is 18.6. The van der Waals surface area contributed by atoms with Crippen molar-refractivity contribution in [3.8, 4) is 17.1 Å². The summed E-state index contributed by atoms with van der Waals surface area (Å²) in [6.07, 6.45) is 13.3. The SMILES string of the molecule is CCCCCCCCc1cnc(-c2ccc(OC(=O)[C@H]3C[C@@]34C[C@]43CC3(F)F)cc2)nc1. The summed E-state index contributed by atoms with van der Waals surface area (Å²) in [6.45, 7) is 2.23. The van der Waals surface area contributed by atoms with Gasteiger partial charge in [-0.2, -0.15) is 0 Å². The number of alkyl halides is 2. The molecule has 3 aliphatic carbocycles. The van der Waals surface area contributed by atoms with E-state index < -0.39 is 16.8 Å². The molecule has 3 aliphatic rings. The number of carbonyl (C=O) groups excluding carboxylic acids is 1. The Bertz CT molecular complexity index is 992. The van der Waals surface area contributed by atoms with Gasteiger partial charge in [-0.1, -0.05) is 39.0 Å². The summed E-state index contributed by atoms with van der Waals surface area (Å²) in [6, 6.07) is 7.07. The maximum atomic E-state index is 13.6. The van der Waals surface area contributed by atoms with Gasteiger partial charge in [0.2, 0.25) is 0 Å². The number of benzene rings is 1. The average molecular weight is 441 g/mol. The number of aromatic nitrogens is 2. The van der Waals surface area contributed by atoms with Gasteiger partial charge in [-0.25, -0.2) is 18.7 Å². The second kappa shape index (κ2) is 7.89. The monoisotopic (exact) mass is 440 g/mol. The van der Waals surface area contributed by atoms with Crippen molar-refractivity contribution in [3.63, 3.8) is 0 Å². The molecular formula is C26H30F2N2O2. The number of esters is 1. The lowest BCUT2D eigenvalue weighted by Gasteiger charge is -2.06. The van der Waals surface area contributed by atoms with Crippen LogP contribution >= 0.6 is 0 Å². The van der Waals surface area contributed by atoms with Crippen molar-refractivity contribution in [3.05, 3.63) is 42.2 Å². The lowest BCUT2D eigenvalue weighted by Crippen LogP contribution is -2.13. The lowest BCUT2D eigenvalue weighted by atomic mass is 10.1. The first kappa shape index (κ1) is 21.5. The molecule has 0 unspecified atom stereocenters. The van der Waals surface area contributed by atoms with E-state index in [0.29, 0.717) is 24.4 Å². The van der Waals surface area contributed by atoms with Crippen molar-refractivity contribution in [1.82, 2.24) is 9.97 Å². The molecule has 0 radical (unpaired) electrons. The molecule has 4 nitrogen and oxygen atoms in total. The summed E-state index contributed by atoms with van der Waals surface area (Å²) in [5.41, 5.74) is 0.634. The van der Waals surface area contributed by atoms with Crippen LogP contribution in [-0.2, 0) is 11.2 Å². The van der Waals surface area contributed by atoms with Crippen molar-refractivity contribution in [2.45, 2.75) is 77.1 Å². The molecule has 2 spiro atoms. The van der Waals surface area contributed by atoms with Crippen molar-refractivity contribution >= 4 is 5.97 Å². The summed E-state index contributed by atoms with van der Waals surface area (Å²) < 4.78 is 32.6. The number of unbranched alkanes of at least 4 members (excludes halogenated alkanes) is 5. The van der Waals surface area contributed by atoms with Crippen LogP contribution in [0, 0.1) is 16.7 Å². The molecule has 0 N–H and O–H groups in total. The standard InChI is InChI=1S/C26H30F2N2O2/c1-2-3-4-5-6-7-8-18-14-29-22(30-15-18)19-9-11-20(12-10-19)32-23(31)21-13-24(21)16-25(24)17-26(25,27)28/h9-12,14-15,21H,2-8,13,16-17H2,1H3/t21-,24-,25+/m1/s1. The van der Waals surface area contributed by atoms with Gasteiger partial charge in [0.05, 0.1) is 5.92 Å². The number of halogens is 2. The fraction of sp³-hybridized carbons (Fsp3) is 0.577. The Kier molecular flexibility index (Phi) is 5.30. The molecule has 1 heterocycles. The smallest absolute Gasteiger partial charge is 0.314 e. The van der Waals surface area contributed by atoms with Gasteiger partial charge >= 0.3 is 5.97 Å². The molecule has 1 aromatic carbocycles. The molecule has 3 fully saturated rings. The van der Waals surface area contributed by atoms with Gasteiger partial charge in [0.1, 0.15) is 5.75 Å². The molecule has 6 heteroatoms. The van der Waals surface area contributed by atoms with Crippen LogP contribution in [0.2, 0.25) is 0 Å². The van der Waals surface area contributed by atoms with E-state index in [-0.39, 0.29) is 18.3 Å². The predicted molar refractivity (Wildman–Crippen MR) is 117 cm³/mol. The van der Waals surface area contributed by atoms with E-state index >= 15 is 0 Å². The van der Waals surface area contributed by atoms with E-state index in [1.165, 1.54) is 32.1 Å². The van der Waals surface area contributed by atoms with Crippen LogP contribution in [0.25, 0.3) is 11.4 Å². The largest absolute Gasteiger partial charge is 0.426 e. The van der Waals surface area contributed by atoms with Crippen molar-refractivity contribution in [2.75, 3.05) is 0 Å². The van der Waals surface area contributed by atoms with Gasteiger partial charge in [-0.05, 0) is 60.9 Å². The van der Waals surface area contributed by atoms with Crippen LogP contribution in [0.4, 0.5) is 8.78 Å². The third kappa shape index (κ3) is 3.71. The molecule has 32 heavy (non-hydrogen) atoms. The van der Waals surface area contributed by atoms with E-state index in [0.717, 1.165) is 24.0 Å². The summed E-state index contributed by atoms with van der Waals surface area (Å²) in [5.74, 6) is -2.27. The van der Waals surface area contributed by atoms with Crippen LogP contribution in [0.15, 0.2) is 36.7 Å². The lowest BCUT2D eigenvalue weighted by molar-refractivity contribution is -0.136.